The lowest BCUT2D eigenvalue weighted by atomic mass is 9.94. The molecule has 0 fully saturated rings. The molecular formula is C13H21NO2S. The van der Waals surface area contributed by atoms with Crippen molar-refractivity contribution in [2.75, 3.05) is 6.61 Å². The fraction of sp³-hybridized carbons (Fsp3) is 0.615. The van der Waals surface area contributed by atoms with Gasteiger partial charge in [0.1, 0.15) is 0 Å². The Morgan fingerprint density at radius 2 is 2.24 bits per heavy atom. The van der Waals surface area contributed by atoms with Gasteiger partial charge in [0.2, 0.25) is 0 Å². The van der Waals surface area contributed by atoms with Crippen molar-refractivity contribution in [2.45, 2.75) is 45.6 Å². The van der Waals surface area contributed by atoms with Gasteiger partial charge in [0, 0.05) is 12.1 Å². The Morgan fingerprint density at radius 3 is 2.76 bits per heavy atom. The normalized spacial score (nSPS) is 14.4. The van der Waals surface area contributed by atoms with Crippen molar-refractivity contribution < 1.29 is 9.90 Å². The predicted molar refractivity (Wildman–Crippen MR) is 71.6 cm³/mol. The number of aliphatic hydroxyl groups excluding tert-OH is 1. The summed E-state index contributed by atoms with van der Waals surface area (Å²) in [6.45, 7) is 6.13. The summed E-state index contributed by atoms with van der Waals surface area (Å²) in [5, 5.41) is 14.0. The number of rotatable bonds is 6. The molecule has 1 heterocycles. The number of hydrogen-bond acceptors (Lipinski definition) is 3. The summed E-state index contributed by atoms with van der Waals surface area (Å²) in [5.41, 5.74) is 0.774. The highest BCUT2D eigenvalue weighted by Gasteiger charge is 2.25. The molecule has 2 N–H and O–H groups in total. The van der Waals surface area contributed by atoms with E-state index in [1.54, 1.807) is 0 Å². The average Bonchev–Trinajstić information content (AvgIpc) is 2.77. The molecule has 0 aliphatic rings. The summed E-state index contributed by atoms with van der Waals surface area (Å²) in [7, 11) is 0. The maximum atomic E-state index is 12.2. The van der Waals surface area contributed by atoms with Crippen LogP contribution in [0.3, 0.4) is 0 Å². The number of thiophene rings is 1. The van der Waals surface area contributed by atoms with Crippen molar-refractivity contribution in [3.63, 3.8) is 0 Å². The molecule has 4 heteroatoms. The molecule has 1 amide bonds. The molecule has 1 unspecified atom stereocenters. The minimum Gasteiger partial charge on any atom is -0.396 e. The number of amides is 1. The van der Waals surface area contributed by atoms with Crippen LogP contribution in [-0.4, -0.2) is 23.2 Å². The van der Waals surface area contributed by atoms with Crippen LogP contribution >= 0.6 is 11.3 Å². The molecule has 96 valence electrons. The highest BCUT2D eigenvalue weighted by molar-refractivity contribution is 7.12. The smallest absolute Gasteiger partial charge is 0.262 e. The van der Waals surface area contributed by atoms with Gasteiger partial charge in [-0.1, -0.05) is 13.8 Å². The first-order chi connectivity index (χ1) is 8.06. The summed E-state index contributed by atoms with van der Waals surface area (Å²) in [5.74, 6) is -0.0188. The number of aliphatic hydroxyl groups is 1. The molecule has 1 aromatic heterocycles. The SMILES string of the molecule is CCc1ccsc1C(=O)NC(C)(CC)CCO. The van der Waals surface area contributed by atoms with Crippen LogP contribution in [0.25, 0.3) is 0 Å². The molecule has 0 radical (unpaired) electrons. The van der Waals surface area contributed by atoms with Crippen LogP contribution in [0.1, 0.15) is 48.8 Å². The summed E-state index contributed by atoms with van der Waals surface area (Å²) < 4.78 is 0. The van der Waals surface area contributed by atoms with Crippen molar-refractivity contribution >= 4 is 17.2 Å². The van der Waals surface area contributed by atoms with Gasteiger partial charge < -0.3 is 10.4 Å². The average molecular weight is 255 g/mol. The van der Waals surface area contributed by atoms with Crippen LogP contribution in [0.2, 0.25) is 0 Å². The zero-order chi connectivity index (χ0) is 12.9. The summed E-state index contributed by atoms with van der Waals surface area (Å²) >= 11 is 1.48. The predicted octanol–water partition coefficient (Wildman–Crippen LogP) is 2.59. The Labute approximate surface area is 107 Å². The summed E-state index contributed by atoms with van der Waals surface area (Å²) in [6, 6.07) is 1.99. The lowest BCUT2D eigenvalue weighted by Crippen LogP contribution is -2.46. The molecule has 1 atom stereocenters. The Balaban J connectivity index is 2.77. The van der Waals surface area contributed by atoms with E-state index in [-0.39, 0.29) is 18.1 Å². The molecule has 17 heavy (non-hydrogen) atoms. The van der Waals surface area contributed by atoms with Gasteiger partial charge in [-0.05, 0) is 43.2 Å². The molecular weight excluding hydrogens is 234 g/mol. The highest BCUT2D eigenvalue weighted by Crippen LogP contribution is 2.20. The molecule has 0 aromatic carbocycles. The van der Waals surface area contributed by atoms with Gasteiger partial charge in [-0.2, -0.15) is 0 Å². The third-order valence-corrected chi connectivity index (χ3v) is 4.15. The van der Waals surface area contributed by atoms with Crippen molar-refractivity contribution in [1.82, 2.24) is 5.32 Å². The minimum absolute atomic E-state index is 0.0188. The van der Waals surface area contributed by atoms with Gasteiger partial charge in [0.25, 0.3) is 5.91 Å². The Kier molecular flexibility index (Phi) is 5.15. The van der Waals surface area contributed by atoms with E-state index < -0.39 is 0 Å². The molecule has 0 saturated heterocycles. The van der Waals surface area contributed by atoms with Gasteiger partial charge >= 0.3 is 0 Å². The van der Waals surface area contributed by atoms with Crippen LogP contribution in [0.4, 0.5) is 0 Å². The summed E-state index contributed by atoms with van der Waals surface area (Å²) in [4.78, 5) is 12.9. The van der Waals surface area contributed by atoms with E-state index in [4.69, 9.17) is 5.11 Å². The van der Waals surface area contributed by atoms with Crippen molar-refractivity contribution in [3.8, 4) is 0 Å². The van der Waals surface area contributed by atoms with Crippen LogP contribution in [0.15, 0.2) is 11.4 Å². The number of carbonyl (C=O) groups excluding carboxylic acids is 1. The second-order valence-corrected chi connectivity index (χ2v) is 5.39. The van der Waals surface area contributed by atoms with Crippen molar-refractivity contribution in [2.24, 2.45) is 0 Å². The standard InChI is InChI=1S/C13H21NO2S/c1-4-10-6-9-17-11(10)12(16)14-13(3,5-2)7-8-15/h6,9,15H,4-5,7-8H2,1-3H3,(H,14,16). The Bertz CT molecular complexity index is 375. The number of hydrogen-bond donors (Lipinski definition) is 2. The second-order valence-electron chi connectivity index (χ2n) is 4.47. The fourth-order valence-corrected chi connectivity index (χ4v) is 2.61. The van der Waals surface area contributed by atoms with Crippen LogP contribution < -0.4 is 5.32 Å². The number of carbonyl (C=O) groups is 1. The lowest BCUT2D eigenvalue weighted by molar-refractivity contribution is 0.0889. The van der Waals surface area contributed by atoms with Crippen LogP contribution in [0.5, 0.6) is 0 Å². The number of nitrogens with one attached hydrogen (secondary N) is 1. The summed E-state index contributed by atoms with van der Waals surface area (Å²) in [6.07, 6.45) is 2.27. The topological polar surface area (TPSA) is 49.3 Å². The largest absolute Gasteiger partial charge is 0.396 e. The molecule has 0 aliphatic heterocycles. The van der Waals surface area contributed by atoms with E-state index in [9.17, 15) is 4.79 Å². The second kappa shape index (κ2) is 6.17. The van der Waals surface area contributed by atoms with E-state index in [1.165, 1.54) is 11.3 Å². The highest BCUT2D eigenvalue weighted by atomic mass is 32.1. The van der Waals surface area contributed by atoms with Gasteiger partial charge in [0.15, 0.2) is 0 Å². The molecule has 1 aromatic rings. The van der Waals surface area contributed by atoms with Crippen LogP contribution in [0, 0.1) is 0 Å². The minimum atomic E-state index is -0.319. The van der Waals surface area contributed by atoms with Crippen molar-refractivity contribution in [1.29, 1.82) is 0 Å². The first kappa shape index (κ1) is 14.2. The quantitative estimate of drug-likeness (QED) is 0.821. The Morgan fingerprint density at radius 1 is 1.53 bits per heavy atom. The van der Waals surface area contributed by atoms with Gasteiger partial charge in [0.05, 0.1) is 4.88 Å². The van der Waals surface area contributed by atoms with E-state index in [2.05, 4.69) is 5.32 Å². The molecule has 1 rings (SSSR count). The Hall–Kier alpha value is -0.870. The number of aryl methyl sites for hydroxylation is 1. The van der Waals surface area contributed by atoms with E-state index >= 15 is 0 Å². The zero-order valence-corrected chi connectivity index (χ0v) is 11.6. The fourth-order valence-electron chi connectivity index (χ4n) is 1.72. The third kappa shape index (κ3) is 3.54. The van der Waals surface area contributed by atoms with E-state index in [1.807, 2.05) is 32.2 Å². The van der Waals surface area contributed by atoms with Gasteiger partial charge in [-0.15, -0.1) is 11.3 Å². The first-order valence-corrected chi connectivity index (χ1v) is 6.94. The molecule has 0 spiro atoms. The maximum Gasteiger partial charge on any atom is 0.262 e. The van der Waals surface area contributed by atoms with E-state index in [0.717, 1.165) is 23.3 Å². The van der Waals surface area contributed by atoms with E-state index in [0.29, 0.717) is 6.42 Å². The third-order valence-electron chi connectivity index (χ3n) is 3.19. The van der Waals surface area contributed by atoms with Crippen molar-refractivity contribution in [3.05, 3.63) is 21.9 Å². The maximum absolute atomic E-state index is 12.2. The molecule has 0 saturated carbocycles. The first-order valence-electron chi connectivity index (χ1n) is 6.06. The van der Waals surface area contributed by atoms with Gasteiger partial charge in [-0.3, -0.25) is 4.79 Å². The zero-order valence-electron chi connectivity index (χ0n) is 10.7. The molecule has 0 aliphatic carbocycles. The van der Waals surface area contributed by atoms with Gasteiger partial charge in [-0.25, -0.2) is 0 Å². The monoisotopic (exact) mass is 255 g/mol. The lowest BCUT2D eigenvalue weighted by Gasteiger charge is -2.28. The molecule has 0 bridgehead atoms. The molecule has 3 nitrogen and oxygen atoms in total. The van der Waals surface area contributed by atoms with Crippen LogP contribution in [-0.2, 0) is 6.42 Å².